The van der Waals surface area contributed by atoms with Crippen LogP contribution in [0.2, 0.25) is 0 Å². The first-order valence-electron chi connectivity index (χ1n) is 4.59. The van der Waals surface area contributed by atoms with Gasteiger partial charge in [0.05, 0.1) is 5.56 Å². The van der Waals surface area contributed by atoms with Gasteiger partial charge in [0.2, 0.25) is 0 Å². The lowest BCUT2D eigenvalue weighted by Gasteiger charge is -2.15. The van der Waals surface area contributed by atoms with E-state index in [-0.39, 0.29) is 0 Å². The molecule has 0 aromatic heterocycles. The fourth-order valence-electron chi connectivity index (χ4n) is 1.52. The van der Waals surface area contributed by atoms with Crippen LogP contribution in [0.15, 0.2) is 12.1 Å². The third-order valence-electron chi connectivity index (χ3n) is 2.20. The first kappa shape index (κ1) is 11.1. The molecule has 0 saturated carbocycles. The van der Waals surface area contributed by atoms with Gasteiger partial charge in [-0.15, -0.1) is 0 Å². The molecule has 3 heteroatoms. The van der Waals surface area contributed by atoms with Crippen molar-refractivity contribution in [2.75, 3.05) is 0 Å². The molecule has 0 unspecified atom stereocenters. The minimum absolute atomic E-state index is 0.330. The number of benzene rings is 1. The Morgan fingerprint density at radius 3 is 1.79 bits per heavy atom. The van der Waals surface area contributed by atoms with Crippen molar-refractivity contribution < 1.29 is 13.2 Å². The van der Waals surface area contributed by atoms with Crippen LogP contribution in [-0.4, -0.2) is 0 Å². The maximum Gasteiger partial charge on any atom is 0.416 e. The van der Waals surface area contributed by atoms with Crippen molar-refractivity contribution >= 4 is 0 Å². The fraction of sp³-hybridized carbons (Fsp3) is 0.455. The number of hydrogen-bond donors (Lipinski definition) is 0. The average Bonchev–Trinajstić information content (AvgIpc) is 2.15. The number of alkyl halides is 3. The molecule has 77 valence electrons. The molecule has 0 aliphatic rings. The quantitative estimate of drug-likeness (QED) is 0.685. The van der Waals surface area contributed by atoms with Gasteiger partial charge in [0, 0.05) is 0 Å². The predicted octanol–water partition coefficient (Wildman–Crippen LogP) is 3.63. The van der Waals surface area contributed by atoms with E-state index in [4.69, 9.17) is 0 Å². The van der Waals surface area contributed by atoms with Crippen LogP contribution < -0.4 is 0 Å². The second kappa shape index (κ2) is 4.03. The van der Waals surface area contributed by atoms with Gasteiger partial charge in [-0.2, -0.15) is 13.2 Å². The summed E-state index contributed by atoms with van der Waals surface area (Å²) in [6.07, 6.45) is -3.47. The Balaban J connectivity index is 3.34. The SMILES string of the molecule is CCc1c[c]cc(CC)c1C(F)(F)F. The van der Waals surface area contributed by atoms with Gasteiger partial charge < -0.3 is 0 Å². The van der Waals surface area contributed by atoms with Gasteiger partial charge >= 0.3 is 6.18 Å². The smallest absolute Gasteiger partial charge is 0.166 e. The molecule has 0 heterocycles. The molecule has 1 aromatic rings. The number of aryl methyl sites for hydroxylation is 2. The summed E-state index contributed by atoms with van der Waals surface area (Å²) in [5, 5.41) is 0. The molecule has 0 nitrogen and oxygen atoms in total. The maximum atomic E-state index is 12.7. The van der Waals surface area contributed by atoms with Crippen molar-refractivity contribution in [3.8, 4) is 0 Å². The normalized spacial score (nSPS) is 11.8. The lowest BCUT2D eigenvalue weighted by atomic mass is 9.97. The summed E-state index contributed by atoms with van der Waals surface area (Å²) in [7, 11) is 0. The zero-order valence-corrected chi connectivity index (χ0v) is 8.20. The summed E-state index contributed by atoms with van der Waals surface area (Å²) in [5.74, 6) is 0. The van der Waals surface area contributed by atoms with Crippen LogP contribution in [0.1, 0.15) is 30.5 Å². The lowest BCUT2D eigenvalue weighted by molar-refractivity contribution is -0.138. The topological polar surface area (TPSA) is 0 Å². The van der Waals surface area contributed by atoms with Crippen LogP contribution in [0, 0.1) is 6.07 Å². The molecule has 0 aliphatic heterocycles. The van der Waals surface area contributed by atoms with E-state index < -0.39 is 11.7 Å². The molecule has 0 atom stereocenters. The van der Waals surface area contributed by atoms with Crippen molar-refractivity contribution in [3.63, 3.8) is 0 Å². The summed E-state index contributed by atoms with van der Waals surface area (Å²) in [6.45, 7) is 3.44. The van der Waals surface area contributed by atoms with Crippen LogP contribution in [0.25, 0.3) is 0 Å². The Labute approximate surface area is 81.8 Å². The van der Waals surface area contributed by atoms with E-state index in [2.05, 4.69) is 6.07 Å². The summed E-state index contributed by atoms with van der Waals surface area (Å²) in [6, 6.07) is 5.58. The lowest BCUT2D eigenvalue weighted by Crippen LogP contribution is -2.12. The van der Waals surface area contributed by atoms with Crippen molar-refractivity contribution in [2.45, 2.75) is 32.9 Å². The molecular formula is C11H12F3. The van der Waals surface area contributed by atoms with Gasteiger partial charge in [-0.05, 0) is 30.0 Å². The van der Waals surface area contributed by atoms with Crippen molar-refractivity contribution in [3.05, 3.63) is 34.9 Å². The van der Waals surface area contributed by atoms with E-state index in [1.807, 2.05) is 0 Å². The molecule has 14 heavy (non-hydrogen) atoms. The molecule has 0 fully saturated rings. The molecule has 1 radical (unpaired) electrons. The summed E-state index contributed by atoms with van der Waals surface area (Å²) < 4.78 is 38.0. The van der Waals surface area contributed by atoms with E-state index in [9.17, 15) is 13.2 Å². The predicted molar refractivity (Wildman–Crippen MR) is 49.0 cm³/mol. The average molecular weight is 201 g/mol. The van der Waals surface area contributed by atoms with E-state index in [0.717, 1.165) is 0 Å². The zero-order valence-electron chi connectivity index (χ0n) is 8.20. The molecular weight excluding hydrogens is 189 g/mol. The molecule has 1 rings (SSSR count). The van der Waals surface area contributed by atoms with Gasteiger partial charge in [-0.25, -0.2) is 0 Å². The molecule has 0 saturated heterocycles. The summed E-state index contributed by atoms with van der Waals surface area (Å²) in [5.41, 5.74) is 0.190. The van der Waals surface area contributed by atoms with E-state index in [1.54, 1.807) is 13.8 Å². The number of halogens is 3. The van der Waals surface area contributed by atoms with Gasteiger partial charge in [0.15, 0.2) is 0 Å². The fourth-order valence-corrected chi connectivity index (χ4v) is 1.52. The van der Waals surface area contributed by atoms with E-state index in [0.29, 0.717) is 24.0 Å². The first-order chi connectivity index (χ1) is 6.50. The molecule has 0 aliphatic carbocycles. The monoisotopic (exact) mass is 201 g/mol. The molecule has 0 N–H and O–H groups in total. The number of hydrogen-bond acceptors (Lipinski definition) is 0. The minimum atomic E-state index is -4.24. The van der Waals surface area contributed by atoms with E-state index >= 15 is 0 Å². The van der Waals surface area contributed by atoms with E-state index in [1.165, 1.54) is 12.1 Å². The Bertz CT molecular complexity index is 291. The highest BCUT2D eigenvalue weighted by atomic mass is 19.4. The maximum absolute atomic E-state index is 12.7. The highest BCUT2D eigenvalue weighted by molar-refractivity contribution is 5.37. The third-order valence-corrected chi connectivity index (χ3v) is 2.20. The minimum Gasteiger partial charge on any atom is -0.166 e. The van der Waals surface area contributed by atoms with Crippen LogP contribution in [-0.2, 0) is 19.0 Å². The molecule has 0 amide bonds. The van der Waals surface area contributed by atoms with Crippen LogP contribution in [0.4, 0.5) is 13.2 Å². The zero-order chi connectivity index (χ0) is 10.8. The van der Waals surface area contributed by atoms with Crippen LogP contribution >= 0.6 is 0 Å². The second-order valence-electron chi connectivity index (χ2n) is 3.09. The third kappa shape index (κ3) is 2.08. The Morgan fingerprint density at radius 1 is 1.07 bits per heavy atom. The number of rotatable bonds is 2. The van der Waals surface area contributed by atoms with Crippen LogP contribution in [0.5, 0.6) is 0 Å². The standard InChI is InChI=1S/C11H12F3/c1-3-8-6-5-7-9(4-2)10(8)11(12,13)14/h6-7H,3-4H2,1-2H3. The summed E-state index contributed by atoms with van der Waals surface area (Å²) >= 11 is 0. The van der Waals surface area contributed by atoms with Crippen LogP contribution in [0.3, 0.4) is 0 Å². The highest BCUT2D eigenvalue weighted by Gasteiger charge is 2.34. The molecule has 0 spiro atoms. The Morgan fingerprint density at radius 2 is 1.50 bits per heavy atom. The van der Waals surface area contributed by atoms with Gasteiger partial charge in [0.25, 0.3) is 0 Å². The molecule has 1 aromatic carbocycles. The van der Waals surface area contributed by atoms with Crippen molar-refractivity contribution in [2.24, 2.45) is 0 Å². The molecule has 0 bridgehead atoms. The van der Waals surface area contributed by atoms with Gasteiger partial charge in [0.1, 0.15) is 0 Å². The van der Waals surface area contributed by atoms with Gasteiger partial charge in [-0.3, -0.25) is 0 Å². The van der Waals surface area contributed by atoms with Gasteiger partial charge in [-0.1, -0.05) is 26.0 Å². The Kier molecular flexibility index (Phi) is 3.19. The van der Waals surface area contributed by atoms with Crippen molar-refractivity contribution in [1.82, 2.24) is 0 Å². The first-order valence-corrected chi connectivity index (χ1v) is 4.59. The summed E-state index contributed by atoms with van der Waals surface area (Å²) in [4.78, 5) is 0. The highest BCUT2D eigenvalue weighted by Crippen LogP contribution is 2.35. The Hall–Kier alpha value is -0.990. The largest absolute Gasteiger partial charge is 0.416 e. The van der Waals surface area contributed by atoms with Crippen molar-refractivity contribution in [1.29, 1.82) is 0 Å². The second-order valence-corrected chi connectivity index (χ2v) is 3.09.